The Labute approximate surface area is 115 Å². The lowest BCUT2D eigenvalue weighted by molar-refractivity contribution is -0.125. The van der Waals surface area contributed by atoms with Crippen molar-refractivity contribution in [2.24, 2.45) is 5.92 Å². The smallest absolute Gasteiger partial charge is 0.341 e. The van der Waals surface area contributed by atoms with Crippen LogP contribution in [0.1, 0.15) is 30.1 Å². The number of halogens is 2. The fourth-order valence-electron chi connectivity index (χ4n) is 1.87. The van der Waals surface area contributed by atoms with E-state index in [-0.39, 0.29) is 6.04 Å². The first-order chi connectivity index (χ1) is 9.47. The summed E-state index contributed by atoms with van der Waals surface area (Å²) in [5, 5.41) is 2.70. The summed E-state index contributed by atoms with van der Waals surface area (Å²) < 4.78 is 30.7. The Hall–Kier alpha value is -1.98. The minimum atomic E-state index is -1.01. The number of carbonyl (C=O) groups excluding carboxylic acids is 2. The van der Waals surface area contributed by atoms with Crippen molar-refractivity contribution >= 4 is 11.9 Å². The molecule has 4 nitrogen and oxygen atoms in total. The monoisotopic (exact) mass is 283 g/mol. The van der Waals surface area contributed by atoms with Crippen LogP contribution in [0.2, 0.25) is 0 Å². The van der Waals surface area contributed by atoms with Crippen molar-refractivity contribution in [1.82, 2.24) is 5.32 Å². The van der Waals surface area contributed by atoms with Crippen LogP contribution in [0.5, 0.6) is 0 Å². The standard InChI is InChI=1S/C14H15F2NO3/c1-8(9-2-3-9)17-13(18)7-20-14(19)11-5-4-10(15)6-12(11)16/h4-6,8-9H,2-3,7H2,1H3,(H,17,18)/t8-/m1/s1. The van der Waals surface area contributed by atoms with Crippen LogP contribution >= 0.6 is 0 Å². The summed E-state index contributed by atoms with van der Waals surface area (Å²) in [6.07, 6.45) is 2.17. The van der Waals surface area contributed by atoms with E-state index in [1.165, 1.54) is 0 Å². The van der Waals surface area contributed by atoms with Gasteiger partial charge in [-0.2, -0.15) is 0 Å². The van der Waals surface area contributed by atoms with E-state index >= 15 is 0 Å². The predicted molar refractivity (Wildman–Crippen MR) is 67.0 cm³/mol. The number of esters is 1. The molecule has 1 aliphatic carbocycles. The van der Waals surface area contributed by atoms with Crippen LogP contribution in [0.25, 0.3) is 0 Å². The third-order valence-corrected chi connectivity index (χ3v) is 3.20. The number of rotatable bonds is 5. The summed E-state index contributed by atoms with van der Waals surface area (Å²) in [6, 6.07) is 2.57. The van der Waals surface area contributed by atoms with Gasteiger partial charge in [0.05, 0.1) is 5.56 Å². The number of amides is 1. The van der Waals surface area contributed by atoms with Crippen LogP contribution in [-0.2, 0) is 9.53 Å². The van der Waals surface area contributed by atoms with Crippen molar-refractivity contribution in [2.75, 3.05) is 6.61 Å². The van der Waals surface area contributed by atoms with Gasteiger partial charge in [-0.15, -0.1) is 0 Å². The second-order valence-electron chi connectivity index (χ2n) is 4.89. The third kappa shape index (κ3) is 3.76. The van der Waals surface area contributed by atoms with Gasteiger partial charge in [0.2, 0.25) is 0 Å². The SMILES string of the molecule is C[C@@H](NC(=O)COC(=O)c1ccc(F)cc1F)C1CC1. The van der Waals surface area contributed by atoms with E-state index in [4.69, 9.17) is 4.74 Å². The topological polar surface area (TPSA) is 55.4 Å². The van der Waals surface area contributed by atoms with E-state index in [0.717, 1.165) is 25.0 Å². The lowest BCUT2D eigenvalue weighted by Crippen LogP contribution is -2.37. The average molecular weight is 283 g/mol. The van der Waals surface area contributed by atoms with E-state index in [0.29, 0.717) is 12.0 Å². The largest absolute Gasteiger partial charge is 0.452 e. The van der Waals surface area contributed by atoms with Crippen LogP contribution in [0, 0.1) is 17.6 Å². The first-order valence-corrected chi connectivity index (χ1v) is 6.39. The minimum absolute atomic E-state index is 0.0451. The van der Waals surface area contributed by atoms with Gasteiger partial charge in [-0.25, -0.2) is 13.6 Å². The molecule has 0 radical (unpaired) electrons. The zero-order chi connectivity index (χ0) is 14.7. The summed E-state index contributed by atoms with van der Waals surface area (Å²) in [5.74, 6) is -2.72. The maximum atomic E-state index is 13.3. The van der Waals surface area contributed by atoms with E-state index in [1.807, 2.05) is 6.92 Å². The molecule has 1 aromatic rings. The quantitative estimate of drug-likeness (QED) is 0.841. The van der Waals surface area contributed by atoms with Crippen molar-refractivity contribution in [3.63, 3.8) is 0 Å². The van der Waals surface area contributed by atoms with Crippen molar-refractivity contribution in [3.8, 4) is 0 Å². The lowest BCUT2D eigenvalue weighted by Gasteiger charge is -2.12. The van der Waals surface area contributed by atoms with Gasteiger partial charge in [0.1, 0.15) is 11.6 Å². The Balaban J connectivity index is 1.83. The molecule has 108 valence electrons. The molecule has 0 aromatic heterocycles. The molecule has 0 unspecified atom stereocenters. The Morgan fingerprint density at radius 3 is 2.70 bits per heavy atom. The van der Waals surface area contributed by atoms with Gasteiger partial charge in [-0.3, -0.25) is 4.79 Å². The first kappa shape index (κ1) is 14.4. The molecule has 0 aliphatic heterocycles. The van der Waals surface area contributed by atoms with Gasteiger partial charge in [0.25, 0.3) is 5.91 Å². The molecule has 1 aliphatic rings. The zero-order valence-electron chi connectivity index (χ0n) is 11.0. The summed E-state index contributed by atoms with van der Waals surface area (Å²) in [4.78, 5) is 23.1. The molecule has 1 atom stereocenters. The van der Waals surface area contributed by atoms with Crippen LogP contribution in [0.4, 0.5) is 8.78 Å². The third-order valence-electron chi connectivity index (χ3n) is 3.20. The molecule has 6 heteroatoms. The van der Waals surface area contributed by atoms with Crippen LogP contribution in [-0.4, -0.2) is 24.5 Å². The summed E-state index contributed by atoms with van der Waals surface area (Å²) >= 11 is 0. The average Bonchev–Trinajstić information content (AvgIpc) is 3.20. The van der Waals surface area contributed by atoms with Gasteiger partial charge >= 0.3 is 5.97 Å². The number of ether oxygens (including phenoxy) is 1. The Kier molecular flexibility index (Phi) is 4.32. The number of nitrogens with one attached hydrogen (secondary N) is 1. The molecule has 2 rings (SSSR count). The predicted octanol–water partition coefficient (Wildman–Crippen LogP) is 2.04. The van der Waals surface area contributed by atoms with E-state index < -0.39 is 35.7 Å². The molecule has 1 aromatic carbocycles. The number of benzene rings is 1. The molecule has 20 heavy (non-hydrogen) atoms. The Morgan fingerprint density at radius 1 is 1.40 bits per heavy atom. The fourth-order valence-corrected chi connectivity index (χ4v) is 1.87. The molecular weight excluding hydrogens is 268 g/mol. The maximum Gasteiger partial charge on any atom is 0.341 e. The highest BCUT2D eigenvalue weighted by molar-refractivity contribution is 5.91. The summed E-state index contributed by atoms with van der Waals surface area (Å²) in [7, 11) is 0. The van der Waals surface area contributed by atoms with Crippen molar-refractivity contribution < 1.29 is 23.1 Å². The highest BCUT2D eigenvalue weighted by Gasteiger charge is 2.29. The van der Waals surface area contributed by atoms with Gasteiger partial charge in [-0.1, -0.05) is 0 Å². The summed E-state index contributed by atoms with van der Waals surface area (Å²) in [6.45, 7) is 1.41. The molecular formula is C14H15F2NO3. The van der Waals surface area contributed by atoms with Gasteiger partial charge in [-0.05, 0) is 37.8 Å². The summed E-state index contributed by atoms with van der Waals surface area (Å²) in [5.41, 5.74) is -0.394. The van der Waals surface area contributed by atoms with Gasteiger partial charge < -0.3 is 10.1 Å². The van der Waals surface area contributed by atoms with Crippen LogP contribution < -0.4 is 5.32 Å². The molecule has 0 spiro atoms. The van der Waals surface area contributed by atoms with Gasteiger partial charge in [0.15, 0.2) is 6.61 Å². The second-order valence-corrected chi connectivity index (χ2v) is 4.89. The molecule has 0 heterocycles. The molecule has 0 bridgehead atoms. The van der Waals surface area contributed by atoms with Crippen molar-refractivity contribution in [1.29, 1.82) is 0 Å². The maximum absolute atomic E-state index is 13.3. The number of hydrogen-bond donors (Lipinski definition) is 1. The highest BCUT2D eigenvalue weighted by Crippen LogP contribution is 2.32. The van der Waals surface area contributed by atoms with E-state index in [2.05, 4.69) is 5.32 Å². The normalized spacial score (nSPS) is 15.6. The Bertz CT molecular complexity index is 529. The highest BCUT2D eigenvalue weighted by atomic mass is 19.1. The number of hydrogen-bond acceptors (Lipinski definition) is 3. The van der Waals surface area contributed by atoms with Crippen LogP contribution in [0.15, 0.2) is 18.2 Å². The number of carbonyl (C=O) groups is 2. The van der Waals surface area contributed by atoms with Crippen molar-refractivity contribution in [2.45, 2.75) is 25.8 Å². The Morgan fingerprint density at radius 2 is 2.10 bits per heavy atom. The van der Waals surface area contributed by atoms with E-state index in [1.54, 1.807) is 0 Å². The zero-order valence-corrected chi connectivity index (χ0v) is 11.0. The molecule has 1 N–H and O–H groups in total. The first-order valence-electron chi connectivity index (χ1n) is 6.39. The van der Waals surface area contributed by atoms with E-state index in [9.17, 15) is 18.4 Å². The fraction of sp³-hybridized carbons (Fsp3) is 0.429. The second kappa shape index (κ2) is 5.98. The van der Waals surface area contributed by atoms with Crippen LogP contribution in [0.3, 0.4) is 0 Å². The molecule has 0 saturated heterocycles. The molecule has 1 saturated carbocycles. The van der Waals surface area contributed by atoms with Gasteiger partial charge in [0, 0.05) is 12.1 Å². The molecule has 1 amide bonds. The lowest BCUT2D eigenvalue weighted by atomic mass is 10.2. The van der Waals surface area contributed by atoms with Crippen molar-refractivity contribution in [3.05, 3.63) is 35.4 Å². The molecule has 1 fully saturated rings. The minimum Gasteiger partial charge on any atom is -0.452 e.